The number of hydrogen-bond acceptors (Lipinski definition) is 4. The molecule has 0 spiro atoms. The highest BCUT2D eigenvalue weighted by Gasteiger charge is 2.17. The van der Waals surface area contributed by atoms with Gasteiger partial charge < -0.3 is 10.1 Å². The predicted molar refractivity (Wildman–Crippen MR) is 104 cm³/mol. The maximum Gasteiger partial charge on any atom is 0.311 e. The average Bonchev–Trinajstić information content (AvgIpc) is 2.66. The standard InChI is InChI=1S/C21H20N2O4/c1-14-10-11-20(19(12-14)23(25)26)27-13-21(24)22-15(2)17-9-5-7-16-6-3-4-8-18(16)17/h3-12,15H,13H2,1-2H3,(H,22,24). The Morgan fingerprint density at radius 3 is 2.67 bits per heavy atom. The molecule has 1 N–H and O–H groups in total. The lowest BCUT2D eigenvalue weighted by Gasteiger charge is -2.17. The lowest BCUT2D eigenvalue weighted by molar-refractivity contribution is -0.385. The predicted octanol–water partition coefficient (Wildman–Crippen LogP) is 4.31. The van der Waals surface area contributed by atoms with Crippen LogP contribution in [0.1, 0.15) is 24.1 Å². The van der Waals surface area contributed by atoms with Crippen molar-refractivity contribution in [1.29, 1.82) is 0 Å². The van der Waals surface area contributed by atoms with Gasteiger partial charge in [-0.3, -0.25) is 14.9 Å². The van der Waals surface area contributed by atoms with Crippen LogP contribution in [0.15, 0.2) is 60.7 Å². The molecule has 0 aromatic heterocycles. The van der Waals surface area contributed by atoms with Crippen molar-refractivity contribution in [2.75, 3.05) is 6.61 Å². The fourth-order valence-electron chi connectivity index (χ4n) is 3.02. The molecule has 0 aliphatic rings. The van der Waals surface area contributed by atoms with Crippen LogP contribution in [0.2, 0.25) is 0 Å². The van der Waals surface area contributed by atoms with Crippen LogP contribution >= 0.6 is 0 Å². The summed E-state index contributed by atoms with van der Waals surface area (Å²) in [6.45, 7) is 3.36. The number of hydrogen-bond donors (Lipinski definition) is 1. The number of nitrogens with zero attached hydrogens (tertiary/aromatic N) is 1. The lowest BCUT2D eigenvalue weighted by Crippen LogP contribution is -2.31. The summed E-state index contributed by atoms with van der Waals surface area (Å²) in [6, 6.07) is 18.3. The lowest BCUT2D eigenvalue weighted by atomic mass is 10.00. The molecule has 27 heavy (non-hydrogen) atoms. The highest BCUT2D eigenvalue weighted by atomic mass is 16.6. The van der Waals surface area contributed by atoms with E-state index in [2.05, 4.69) is 5.32 Å². The molecule has 3 rings (SSSR count). The molecule has 0 heterocycles. The number of ether oxygens (including phenoxy) is 1. The topological polar surface area (TPSA) is 81.5 Å². The van der Waals surface area contributed by atoms with Gasteiger partial charge in [0.25, 0.3) is 5.91 Å². The van der Waals surface area contributed by atoms with Crippen LogP contribution in [0, 0.1) is 17.0 Å². The van der Waals surface area contributed by atoms with Crippen LogP contribution in [-0.4, -0.2) is 17.4 Å². The van der Waals surface area contributed by atoms with Gasteiger partial charge in [0.15, 0.2) is 12.4 Å². The number of nitrogens with one attached hydrogen (secondary N) is 1. The van der Waals surface area contributed by atoms with Crippen molar-refractivity contribution in [1.82, 2.24) is 5.32 Å². The molecule has 0 aliphatic heterocycles. The van der Waals surface area contributed by atoms with Gasteiger partial charge in [-0.1, -0.05) is 48.5 Å². The molecule has 1 unspecified atom stereocenters. The Morgan fingerprint density at radius 2 is 1.89 bits per heavy atom. The van der Waals surface area contributed by atoms with E-state index in [0.29, 0.717) is 0 Å². The summed E-state index contributed by atoms with van der Waals surface area (Å²) in [5.41, 5.74) is 1.61. The van der Waals surface area contributed by atoms with Crippen molar-refractivity contribution in [3.8, 4) is 5.75 Å². The molecule has 6 nitrogen and oxygen atoms in total. The van der Waals surface area contributed by atoms with Crippen molar-refractivity contribution in [3.63, 3.8) is 0 Å². The van der Waals surface area contributed by atoms with Crippen LogP contribution in [0.3, 0.4) is 0 Å². The van der Waals surface area contributed by atoms with Crippen molar-refractivity contribution in [2.24, 2.45) is 0 Å². The minimum absolute atomic E-state index is 0.0820. The highest BCUT2D eigenvalue weighted by molar-refractivity contribution is 5.87. The van der Waals surface area contributed by atoms with Gasteiger partial charge in [0.2, 0.25) is 0 Å². The average molecular weight is 364 g/mol. The van der Waals surface area contributed by atoms with E-state index >= 15 is 0 Å². The maximum absolute atomic E-state index is 12.3. The molecule has 3 aromatic carbocycles. The molecule has 6 heteroatoms. The van der Waals surface area contributed by atoms with Crippen molar-refractivity contribution in [3.05, 3.63) is 81.9 Å². The smallest absolute Gasteiger partial charge is 0.311 e. The third-order valence-corrected chi connectivity index (χ3v) is 4.34. The fourth-order valence-corrected chi connectivity index (χ4v) is 3.02. The van der Waals surface area contributed by atoms with Crippen LogP contribution in [0.5, 0.6) is 5.75 Å². The van der Waals surface area contributed by atoms with E-state index in [-0.39, 0.29) is 30.0 Å². The Kier molecular flexibility index (Phi) is 5.35. The number of carbonyl (C=O) groups is 1. The normalized spacial score (nSPS) is 11.8. The molecular formula is C21H20N2O4. The molecule has 0 bridgehead atoms. The molecular weight excluding hydrogens is 344 g/mol. The largest absolute Gasteiger partial charge is 0.477 e. The monoisotopic (exact) mass is 364 g/mol. The van der Waals surface area contributed by atoms with E-state index in [0.717, 1.165) is 21.9 Å². The Morgan fingerprint density at radius 1 is 1.15 bits per heavy atom. The van der Waals surface area contributed by atoms with Crippen molar-refractivity contribution >= 4 is 22.4 Å². The summed E-state index contributed by atoms with van der Waals surface area (Å²) >= 11 is 0. The molecule has 0 aliphatic carbocycles. The molecule has 0 saturated carbocycles. The number of nitro benzene ring substituents is 1. The quantitative estimate of drug-likeness (QED) is 0.522. The third-order valence-electron chi connectivity index (χ3n) is 4.34. The van der Waals surface area contributed by atoms with E-state index < -0.39 is 4.92 Å². The van der Waals surface area contributed by atoms with Crippen LogP contribution in [0.4, 0.5) is 5.69 Å². The van der Waals surface area contributed by atoms with Crippen molar-refractivity contribution < 1.29 is 14.5 Å². The van der Waals surface area contributed by atoms with E-state index in [1.807, 2.05) is 49.4 Å². The number of amides is 1. The molecule has 3 aromatic rings. The zero-order valence-electron chi connectivity index (χ0n) is 15.1. The Hall–Kier alpha value is -3.41. The van der Waals surface area contributed by atoms with Gasteiger partial charge in [-0.05, 0) is 41.8 Å². The first kappa shape index (κ1) is 18.4. The first-order valence-electron chi connectivity index (χ1n) is 8.60. The summed E-state index contributed by atoms with van der Waals surface area (Å²) in [4.78, 5) is 22.9. The third kappa shape index (κ3) is 4.23. The van der Waals surface area contributed by atoms with E-state index in [1.54, 1.807) is 13.0 Å². The van der Waals surface area contributed by atoms with Gasteiger partial charge in [0, 0.05) is 6.07 Å². The second-order valence-corrected chi connectivity index (χ2v) is 6.37. The zero-order valence-corrected chi connectivity index (χ0v) is 15.1. The summed E-state index contributed by atoms with van der Waals surface area (Å²) < 4.78 is 5.39. The summed E-state index contributed by atoms with van der Waals surface area (Å²) in [6.07, 6.45) is 0. The molecule has 1 amide bonds. The Bertz CT molecular complexity index is 995. The van der Waals surface area contributed by atoms with Crippen LogP contribution < -0.4 is 10.1 Å². The van der Waals surface area contributed by atoms with Gasteiger partial charge in [-0.15, -0.1) is 0 Å². The number of aryl methyl sites for hydroxylation is 1. The van der Waals surface area contributed by atoms with Crippen LogP contribution in [0.25, 0.3) is 10.8 Å². The summed E-state index contributed by atoms with van der Waals surface area (Å²) in [5.74, 6) is -0.260. The van der Waals surface area contributed by atoms with E-state index in [4.69, 9.17) is 4.74 Å². The number of rotatable bonds is 6. The molecule has 138 valence electrons. The number of fused-ring (bicyclic) bond motifs is 1. The summed E-state index contributed by atoms with van der Waals surface area (Å²) in [5, 5.41) is 16.2. The van der Waals surface area contributed by atoms with Gasteiger partial charge in [-0.25, -0.2) is 0 Å². The van der Waals surface area contributed by atoms with Crippen LogP contribution in [-0.2, 0) is 4.79 Å². The SMILES string of the molecule is Cc1ccc(OCC(=O)NC(C)c2cccc3ccccc23)c([N+](=O)[O-])c1. The first-order valence-corrected chi connectivity index (χ1v) is 8.60. The Balaban J connectivity index is 1.68. The van der Waals surface area contributed by atoms with Gasteiger partial charge in [0.05, 0.1) is 11.0 Å². The fraction of sp³-hybridized carbons (Fsp3) is 0.190. The first-order chi connectivity index (χ1) is 13.0. The number of nitro groups is 1. The maximum atomic E-state index is 12.3. The minimum Gasteiger partial charge on any atom is -0.477 e. The van der Waals surface area contributed by atoms with Gasteiger partial charge in [0.1, 0.15) is 0 Å². The zero-order chi connectivity index (χ0) is 19.4. The second kappa shape index (κ2) is 7.86. The van der Waals surface area contributed by atoms with E-state index in [9.17, 15) is 14.9 Å². The van der Waals surface area contributed by atoms with Gasteiger partial charge in [-0.2, -0.15) is 0 Å². The molecule has 0 saturated heterocycles. The molecule has 1 atom stereocenters. The van der Waals surface area contributed by atoms with Gasteiger partial charge >= 0.3 is 5.69 Å². The van der Waals surface area contributed by atoms with Crippen molar-refractivity contribution in [2.45, 2.75) is 19.9 Å². The second-order valence-electron chi connectivity index (χ2n) is 6.37. The molecule has 0 radical (unpaired) electrons. The Labute approximate surface area is 156 Å². The minimum atomic E-state index is -0.515. The highest BCUT2D eigenvalue weighted by Crippen LogP contribution is 2.28. The summed E-state index contributed by atoms with van der Waals surface area (Å²) in [7, 11) is 0. The molecule has 0 fully saturated rings. The van der Waals surface area contributed by atoms with E-state index in [1.165, 1.54) is 12.1 Å². The number of benzene rings is 3. The number of carbonyl (C=O) groups excluding carboxylic acids is 1.